The lowest BCUT2D eigenvalue weighted by Crippen LogP contribution is -2.30. The predicted octanol–water partition coefficient (Wildman–Crippen LogP) is 4.02. The Morgan fingerprint density at radius 2 is 1.94 bits per heavy atom. The molecule has 7 nitrogen and oxygen atoms in total. The zero-order valence-corrected chi connectivity index (χ0v) is 16.6. The van der Waals surface area contributed by atoms with Gasteiger partial charge in [0.2, 0.25) is 0 Å². The summed E-state index contributed by atoms with van der Waals surface area (Å²) < 4.78 is 42.6. The number of imidazole rings is 1. The third kappa shape index (κ3) is 2.79. The van der Waals surface area contributed by atoms with Crippen molar-refractivity contribution in [3.63, 3.8) is 0 Å². The lowest BCUT2D eigenvalue weighted by molar-refractivity contribution is 0.0257. The molecule has 0 saturated carbocycles. The molecule has 1 unspecified atom stereocenters. The molecule has 4 heterocycles. The quantitative estimate of drug-likeness (QED) is 0.506. The van der Waals surface area contributed by atoms with Gasteiger partial charge in [-0.15, -0.1) is 0 Å². The minimum atomic E-state index is -2.78. The molecule has 4 aromatic rings. The Hall–Kier alpha value is -3.82. The Balaban J connectivity index is 1.43. The zero-order chi connectivity index (χ0) is 22.0. The van der Waals surface area contributed by atoms with Gasteiger partial charge in [-0.05, 0) is 30.3 Å². The zero-order valence-electron chi connectivity index (χ0n) is 16.6. The summed E-state index contributed by atoms with van der Waals surface area (Å²) in [5, 5.41) is 6.67. The fourth-order valence-electron chi connectivity index (χ4n) is 4.58. The highest BCUT2D eigenvalue weighted by Gasteiger charge is 2.42. The van der Waals surface area contributed by atoms with Gasteiger partial charge >= 0.3 is 0 Å². The number of H-pyrrole nitrogens is 2. The SMILES string of the molecule is O=C1c2[nH]ncc2C(c2ccc(N3CCC(F)(F)C3)cc2F)N1c1ccc2[nH]cnc2c1. The van der Waals surface area contributed by atoms with E-state index >= 15 is 4.39 Å². The van der Waals surface area contributed by atoms with Crippen molar-refractivity contribution in [1.29, 1.82) is 0 Å². The van der Waals surface area contributed by atoms with Gasteiger partial charge in [-0.25, -0.2) is 18.2 Å². The van der Waals surface area contributed by atoms with Crippen LogP contribution < -0.4 is 9.80 Å². The fraction of sp³-hybridized carbons (Fsp3) is 0.227. The van der Waals surface area contributed by atoms with Gasteiger partial charge in [0.15, 0.2) is 0 Å². The van der Waals surface area contributed by atoms with Crippen molar-refractivity contribution in [3.05, 3.63) is 71.6 Å². The molecule has 0 bridgehead atoms. The van der Waals surface area contributed by atoms with Crippen LogP contribution in [0.3, 0.4) is 0 Å². The maximum atomic E-state index is 15.4. The molecular formula is C22H17F3N6O. The van der Waals surface area contributed by atoms with E-state index < -0.39 is 24.3 Å². The number of nitrogens with one attached hydrogen (secondary N) is 2. The molecule has 0 aliphatic carbocycles. The van der Waals surface area contributed by atoms with E-state index in [1.807, 2.05) is 0 Å². The highest BCUT2D eigenvalue weighted by molar-refractivity contribution is 6.11. The highest BCUT2D eigenvalue weighted by atomic mass is 19.3. The van der Waals surface area contributed by atoms with Crippen LogP contribution in [0.1, 0.15) is 34.1 Å². The number of anilines is 2. The molecule has 2 aromatic heterocycles. The summed E-state index contributed by atoms with van der Waals surface area (Å²) in [6.45, 7) is -0.273. The summed E-state index contributed by atoms with van der Waals surface area (Å²) in [5.74, 6) is -3.68. The molecule has 0 radical (unpaired) electrons. The van der Waals surface area contributed by atoms with Crippen LogP contribution in [0.5, 0.6) is 0 Å². The van der Waals surface area contributed by atoms with Gasteiger partial charge in [0, 0.05) is 35.5 Å². The predicted molar refractivity (Wildman–Crippen MR) is 112 cm³/mol. The van der Waals surface area contributed by atoms with Crippen molar-refractivity contribution in [2.45, 2.75) is 18.4 Å². The van der Waals surface area contributed by atoms with Crippen molar-refractivity contribution in [2.75, 3.05) is 22.9 Å². The van der Waals surface area contributed by atoms with Crippen LogP contribution in [0.4, 0.5) is 24.5 Å². The number of benzene rings is 2. The average Bonchev–Trinajstić information content (AvgIpc) is 3.53. The molecule has 1 amide bonds. The molecule has 32 heavy (non-hydrogen) atoms. The summed E-state index contributed by atoms with van der Waals surface area (Å²) in [6, 6.07) is 9.02. The van der Waals surface area contributed by atoms with E-state index in [1.165, 1.54) is 22.1 Å². The van der Waals surface area contributed by atoms with Crippen molar-refractivity contribution >= 4 is 28.3 Å². The topological polar surface area (TPSA) is 80.9 Å². The first kappa shape index (κ1) is 18.9. The smallest absolute Gasteiger partial charge is 0.277 e. The molecule has 1 fully saturated rings. The van der Waals surface area contributed by atoms with Crippen molar-refractivity contribution < 1.29 is 18.0 Å². The van der Waals surface area contributed by atoms with E-state index in [-0.39, 0.29) is 24.4 Å². The van der Waals surface area contributed by atoms with E-state index in [0.717, 1.165) is 5.52 Å². The summed E-state index contributed by atoms with van der Waals surface area (Å²) in [7, 11) is 0. The molecule has 2 N–H and O–H groups in total. The van der Waals surface area contributed by atoms with Gasteiger partial charge in [0.05, 0.1) is 36.1 Å². The number of carbonyl (C=O) groups is 1. The molecule has 2 aliphatic heterocycles. The van der Waals surface area contributed by atoms with E-state index in [9.17, 15) is 13.6 Å². The Bertz CT molecular complexity index is 1360. The lowest BCUT2D eigenvalue weighted by Gasteiger charge is -2.27. The third-order valence-electron chi connectivity index (χ3n) is 6.15. The van der Waals surface area contributed by atoms with Crippen molar-refractivity contribution in [1.82, 2.24) is 20.2 Å². The number of hydrogen-bond acceptors (Lipinski definition) is 4. The molecular weight excluding hydrogens is 421 g/mol. The van der Waals surface area contributed by atoms with Crippen LogP contribution >= 0.6 is 0 Å². The lowest BCUT2D eigenvalue weighted by atomic mass is 9.99. The molecule has 2 aromatic carbocycles. The molecule has 2 aliphatic rings. The summed E-state index contributed by atoms with van der Waals surface area (Å²) >= 11 is 0. The standard InChI is InChI=1S/C22H17F3N6O/c23-16-7-12(30-6-5-22(24,25)10-30)1-3-14(16)20-15-9-28-29-19(15)21(32)31(20)13-2-4-17-18(8-13)27-11-26-17/h1-4,7-9,11,20H,5-6,10H2,(H,26,27)(H,28,29). The molecule has 6 rings (SSSR count). The summed E-state index contributed by atoms with van der Waals surface area (Å²) in [4.78, 5) is 23.4. The summed E-state index contributed by atoms with van der Waals surface area (Å²) in [5.41, 5.74) is 3.55. The number of nitrogens with zero attached hydrogens (tertiary/aromatic N) is 4. The van der Waals surface area contributed by atoms with Crippen LogP contribution in [-0.2, 0) is 0 Å². The van der Waals surface area contributed by atoms with Gasteiger partial charge in [0.25, 0.3) is 11.8 Å². The highest BCUT2D eigenvalue weighted by Crippen LogP contribution is 2.43. The summed E-state index contributed by atoms with van der Waals surface area (Å²) in [6.07, 6.45) is 2.82. The Morgan fingerprint density at radius 1 is 1.09 bits per heavy atom. The molecule has 1 atom stereocenters. The normalized spacial score (nSPS) is 19.8. The number of carbonyl (C=O) groups excluding carboxylic acids is 1. The average molecular weight is 438 g/mol. The number of aromatic amines is 2. The second kappa shape index (κ2) is 6.59. The molecule has 162 valence electrons. The number of rotatable bonds is 3. The molecule has 1 saturated heterocycles. The van der Waals surface area contributed by atoms with E-state index in [0.29, 0.717) is 28.1 Å². The van der Waals surface area contributed by atoms with Gasteiger partial charge in [-0.1, -0.05) is 6.07 Å². The van der Waals surface area contributed by atoms with Gasteiger partial charge in [0.1, 0.15) is 11.5 Å². The number of hydrogen-bond donors (Lipinski definition) is 2. The van der Waals surface area contributed by atoms with Crippen LogP contribution in [0.25, 0.3) is 11.0 Å². The maximum Gasteiger partial charge on any atom is 0.277 e. The Labute approximate surface area is 179 Å². The minimum Gasteiger partial charge on any atom is -0.365 e. The van der Waals surface area contributed by atoms with Crippen LogP contribution in [0.2, 0.25) is 0 Å². The Morgan fingerprint density at radius 3 is 2.72 bits per heavy atom. The van der Waals surface area contributed by atoms with Crippen molar-refractivity contribution in [3.8, 4) is 0 Å². The first-order valence-electron chi connectivity index (χ1n) is 10.1. The third-order valence-corrected chi connectivity index (χ3v) is 6.15. The molecule has 0 spiro atoms. The number of fused-ring (bicyclic) bond motifs is 2. The number of alkyl halides is 2. The number of halogens is 3. The Kier molecular flexibility index (Phi) is 3.89. The second-order valence-corrected chi connectivity index (χ2v) is 8.12. The van der Waals surface area contributed by atoms with E-state index in [4.69, 9.17) is 0 Å². The maximum absolute atomic E-state index is 15.4. The van der Waals surface area contributed by atoms with Crippen molar-refractivity contribution in [2.24, 2.45) is 0 Å². The first-order valence-corrected chi connectivity index (χ1v) is 10.1. The molecule has 10 heteroatoms. The first-order chi connectivity index (χ1) is 15.4. The van der Waals surface area contributed by atoms with Crippen LogP contribution in [-0.4, -0.2) is 45.1 Å². The van der Waals surface area contributed by atoms with E-state index in [2.05, 4.69) is 20.2 Å². The van der Waals surface area contributed by atoms with E-state index in [1.54, 1.807) is 36.7 Å². The number of amides is 1. The fourth-order valence-corrected chi connectivity index (χ4v) is 4.58. The largest absolute Gasteiger partial charge is 0.365 e. The van der Waals surface area contributed by atoms with Gasteiger partial charge in [-0.2, -0.15) is 5.10 Å². The van der Waals surface area contributed by atoms with Gasteiger partial charge < -0.3 is 9.88 Å². The van der Waals surface area contributed by atoms with Gasteiger partial charge in [-0.3, -0.25) is 14.8 Å². The minimum absolute atomic E-state index is 0.162. The van der Waals surface area contributed by atoms with Crippen LogP contribution in [0, 0.1) is 5.82 Å². The number of aromatic nitrogens is 4. The second-order valence-electron chi connectivity index (χ2n) is 8.12. The monoisotopic (exact) mass is 438 g/mol. The van der Waals surface area contributed by atoms with Crippen LogP contribution in [0.15, 0.2) is 48.9 Å².